The lowest BCUT2D eigenvalue weighted by molar-refractivity contribution is -0.129. The molecule has 1 heterocycles. The number of unbranched alkanes of at least 4 members (excludes halogenated alkanes) is 3. The van der Waals surface area contributed by atoms with Gasteiger partial charge in [-0.25, -0.2) is 0 Å². The number of aliphatic hydroxyl groups is 1. The Kier molecular flexibility index (Phi) is 6.66. The highest BCUT2D eigenvalue weighted by Gasteiger charge is 2.42. The summed E-state index contributed by atoms with van der Waals surface area (Å²) in [6.45, 7) is 3.97. The first-order valence-electron chi connectivity index (χ1n) is 8.93. The van der Waals surface area contributed by atoms with Crippen molar-refractivity contribution in [3.8, 4) is 11.5 Å². The summed E-state index contributed by atoms with van der Waals surface area (Å²) in [5, 5.41) is 10.3. The molecule has 0 saturated carbocycles. The topological polar surface area (TPSA) is 76.1 Å². The van der Waals surface area contributed by atoms with E-state index < -0.39 is 17.7 Å². The Morgan fingerprint density at radius 1 is 1.15 bits per heavy atom. The van der Waals surface area contributed by atoms with Crippen molar-refractivity contribution >= 4 is 11.7 Å². The number of ether oxygens (including phenoxy) is 2. The van der Waals surface area contributed by atoms with Crippen molar-refractivity contribution in [3.63, 3.8) is 0 Å². The quantitative estimate of drug-likeness (QED) is 0.681. The van der Waals surface area contributed by atoms with Crippen LogP contribution in [0.2, 0.25) is 0 Å². The summed E-state index contributed by atoms with van der Waals surface area (Å²) in [5.74, 6) is -0.184. The van der Waals surface area contributed by atoms with Crippen molar-refractivity contribution in [2.75, 3.05) is 20.8 Å². The van der Waals surface area contributed by atoms with Gasteiger partial charge in [0.05, 0.1) is 25.8 Å². The molecule has 1 aromatic rings. The molecule has 0 saturated heterocycles. The number of carbonyl (C=O) groups excluding carboxylic acids is 2. The third kappa shape index (κ3) is 3.84. The van der Waals surface area contributed by atoms with E-state index in [1.165, 1.54) is 14.0 Å². The summed E-state index contributed by atoms with van der Waals surface area (Å²) in [5.41, 5.74) is 0.846. The molecule has 0 aliphatic carbocycles. The first kappa shape index (κ1) is 19.8. The predicted octanol–water partition coefficient (Wildman–Crippen LogP) is 3.57. The first-order chi connectivity index (χ1) is 12.5. The van der Waals surface area contributed by atoms with Crippen molar-refractivity contribution in [2.24, 2.45) is 0 Å². The van der Waals surface area contributed by atoms with Gasteiger partial charge in [-0.3, -0.25) is 9.59 Å². The number of aliphatic hydroxyl groups excluding tert-OH is 1. The summed E-state index contributed by atoms with van der Waals surface area (Å²) in [4.78, 5) is 26.3. The number of methoxy groups -OCH3 is 2. The minimum Gasteiger partial charge on any atom is -0.503 e. The van der Waals surface area contributed by atoms with Gasteiger partial charge in [-0.2, -0.15) is 0 Å². The van der Waals surface area contributed by atoms with Gasteiger partial charge in [0, 0.05) is 6.54 Å². The first-order valence-corrected chi connectivity index (χ1v) is 8.93. The molecule has 0 aromatic heterocycles. The van der Waals surface area contributed by atoms with Crippen LogP contribution in [0, 0.1) is 0 Å². The zero-order valence-electron chi connectivity index (χ0n) is 15.9. The van der Waals surface area contributed by atoms with Crippen LogP contribution in [0.1, 0.15) is 51.1 Å². The lowest BCUT2D eigenvalue weighted by atomic mass is 9.96. The highest BCUT2D eigenvalue weighted by Crippen LogP contribution is 2.40. The number of nitrogens with zero attached hydrogens (tertiary/aromatic N) is 1. The number of rotatable bonds is 9. The van der Waals surface area contributed by atoms with Gasteiger partial charge < -0.3 is 19.5 Å². The molecule has 0 unspecified atom stereocenters. The van der Waals surface area contributed by atoms with E-state index in [-0.39, 0.29) is 11.4 Å². The molecule has 26 heavy (non-hydrogen) atoms. The van der Waals surface area contributed by atoms with Crippen LogP contribution in [0.4, 0.5) is 0 Å². The summed E-state index contributed by atoms with van der Waals surface area (Å²) in [7, 11) is 3.08. The molecule has 0 spiro atoms. The molecule has 142 valence electrons. The van der Waals surface area contributed by atoms with Gasteiger partial charge in [0.1, 0.15) is 0 Å². The third-order valence-corrected chi connectivity index (χ3v) is 4.66. The summed E-state index contributed by atoms with van der Waals surface area (Å²) < 4.78 is 10.6. The fourth-order valence-electron chi connectivity index (χ4n) is 3.32. The van der Waals surface area contributed by atoms with Crippen molar-refractivity contribution in [3.05, 3.63) is 35.1 Å². The largest absolute Gasteiger partial charge is 0.503 e. The van der Waals surface area contributed by atoms with Gasteiger partial charge in [-0.1, -0.05) is 32.3 Å². The lowest BCUT2D eigenvalue weighted by Gasteiger charge is -2.27. The smallest absolute Gasteiger partial charge is 0.290 e. The number of Topliss-reactive ketones (excluding diaryl/α,β-unsaturated/α-hetero) is 1. The van der Waals surface area contributed by atoms with E-state index >= 15 is 0 Å². The number of amides is 1. The molecule has 1 aliphatic heterocycles. The number of benzene rings is 1. The standard InChI is InChI=1S/C20H27NO5/c1-5-6-7-8-11-21-18(17(13(2)22)19(23)20(21)24)14-9-10-15(25-3)16(12-14)26-4/h9-10,12,18,23H,5-8,11H2,1-4H3/t18-/m1/s1. The van der Waals surface area contributed by atoms with E-state index in [0.717, 1.165) is 25.7 Å². The Morgan fingerprint density at radius 2 is 1.85 bits per heavy atom. The van der Waals surface area contributed by atoms with E-state index in [9.17, 15) is 14.7 Å². The van der Waals surface area contributed by atoms with Gasteiger partial charge >= 0.3 is 0 Å². The molecular formula is C20H27NO5. The maximum absolute atomic E-state index is 12.6. The molecule has 1 atom stereocenters. The van der Waals surface area contributed by atoms with Crippen LogP contribution in [0.3, 0.4) is 0 Å². The molecule has 0 bridgehead atoms. The van der Waals surface area contributed by atoms with E-state index in [1.54, 1.807) is 30.2 Å². The second-order valence-corrected chi connectivity index (χ2v) is 6.39. The fraction of sp³-hybridized carbons (Fsp3) is 0.500. The Labute approximate surface area is 154 Å². The zero-order chi connectivity index (χ0) is 19.3. The number of carbonyl (C=O) groups is 2. The zero-order valence-corrected chi connectivity index (χ0v) is 15.9. The Morgan fingerprint density at radius 3 is 2.42 bits per heavy atom. The maximum Gasteiger partial charge on any atom is 0.290 e. The van der Waals surface area contributed by atoms with Gasteiger partial charge in [-0.15, -0.1) is 0 Å². The minimum atomic E-state index is -0.610. The van der Waals surface area contributed by atoms with Crippen LogP contribution < -0.4 is 9.47 Å². The number of hydrogen-bond donors (Lipinski definition) is 1. The van der Waals surface area contributed by atoms with Crippen LogP contribution in [0.5, 0.6) is 11.5 Å². The summed E-state index contributed by atoms with van der Waals surface area (Å²) in [6.07, 6.45) is 3.99. The average Bonchev–Trinajstić information content (AvgIpc) is 2.89. The summed E-state index contributed by atoms with van der Waals surface area (Å²) in [6, 6.07) is 4.67. The van der Waals surface area contributed by atoms with E-state index in [4.69, 9.17) is 9.47 Å². The van der Waals surface area contributed by atoms with E-state index in [1.807, 2.05) is 0 Å². The average molecular weight is 361 g/mol. The van der Waals surface area contributed by atoms with Crippen LogP contribution in [0.15, 0.2) is 29.5 Å². The Balaban J connectivity index is 2.41. The molecule has 1 aromatic carbocycles. The molecule has 1 aliphatic rings. The maximum atomic E-state index is 12.6. The monoisotopic (exact) mass is 361 g/mol. The van der Waals surface area contributed by atoms with Crippen LogP contribution in [0.25, 0.3) is 0 Å². The molecule has 1 N–H and O–H groups in total. The number of ketones is 1. The van der Waals surface area contributed by atoms with Crippen LogP contribution in [-0.4, -0.2) is 42.5 Å². The van der Waals surface area contributed by atoms with Gasteiger partial charge in [-0.05, 0) is 31.0 Å². The van der Waals surface area contributed by atoms with Crippen molar-refractivity contribution in [2.45, 2.75) is 45.6 Å². The summed E-state index contributed by atoms with van der Waals surface area (Å²) >= 11 is 0. The SMILES string of the molecule is CCCCCCN1C(=O)C(O)=C(C(C)=O)[C@H]1c1ccc(OC)c(OC)c1. The second-order valence-electron chi connectivity index (χ2n) is 6.39. The Hall–Kier alpha value is -2.50. The second kappa shape index (κ2) is 8.74. The normalized spacial score (nSPS) is 17.0. The molecular weight excluding hydrogens is 334 g/mol. The van der Waals surface area contributed by atoms with Crippen molar-refractivity contribution < 1.29 is 24.2 Å². The van der Waals surface area contributed by atoms with Gasteiger partial charge in [0.2, 0.25) is 0 Å². The van der Waals surface area contributed by atoms with E-state index in [2.05, 4.69) is 6.92 Å². The number of hydrogen-bond acceptors (Lipinski definition) is 5. The third-order valence-electron chi connectivity index (χ3n) is 4.66. The fourth-order valence-corrected chi connectivity index (χ4v) is 3.32. The predicted molar refractivity (Wildman–Crippen MR) is 98.5 cm³/mol. The lowest BCUT2D eigenvalue weighted by Crippen LogP contribution is -2.32. The Bertz CT molecular complexity index is 710. The highest BCUT2D eigenvalue weighted by molar-refractivity contribution is 6.08. The molecule has 2 rings (SSSR count). The van der Waals surface area contributed by atoms with Crippen molar-refractivity contribution in [1.29, 1.82) is 0 Å². The molecule has 1 amide bonds. The van der Waals surface area contributed by atoms with E-state index in [0.29, 0.717) is 23.6 Å². The molecule has 0 fully saturated rings. The highest BCUT2D eigenvalue weighted by atomic mass is 16.5. The molecule has 0 radical (unpaired) electrons. The molecule has 6 nitrogen and oxygen atoms in total. The minimum absolute atomic E-state index is 0.137. The van der Waals surface area contributed by atoms with Crippen molar-refractivity contribution in [1.82, 2.24) is 4.90 Å². The van der Waals surface area contributed by atoms with Gasteiger partial charge in [0.15, 0.2) is 23.0 Å². The van der Waals surface area contributed by atoms with Gasteiger partial charge in [0.25, 0.3) is 5.91 Å². The molecule has 6 heteroatoms. The van der Waals surface area contributed by atoms with Crippen LogP contribution in [-0.2, 0) is 9.59 Å². The van der Waals surface area contributed by atoms with Crippen LogP contribution >= 0.6 is 0 Å².